The lowest BCUT2D eigenvalue weighted by molar-refractivity contribution is 0.257. The summed E-state index contributed by atoms with van der Waals surface area (Å²) in [7, 11) is -3.40. The standard InChI is InChI=1S/C13H22N2O2S2/c1-10-4-2-3-5-11(10)9-15-19(16,17)13-6-7-18-12(13)8-14/h6-7,10-11,15H,2-5,8-9,14H2,1H3. The lowest BCUT2D eigenvalue weighted by atomic mass is 9.81. The Bertz CT molecular complexity index is 510. The van der Waals surface area contributed by atoms with Gasteiger partial charge in [-0.1, -0.05) is 26.2 Å². The van der Waals surface area contributed by atoms with E-state index in [4.69, 9.17) is 5.73 Å². The number of nitrogens with two attached hydrogens (primary N) is 1. The Kier molecular flexibility index (Phi) is 5.00. The largest absolute Gasteiger partial charge is 0.326 e. The summed E-state index contributed by atoms with van der Waals surface area (Å²) >= 11 is 1.39. The second-order valence-electron chi connectivity index (χ2n) is 5.29. The lowest BCUT2D eigenvalue weighted by Crippen LogP contribution is -2.33. The first kappa shape index (κ1) is 15.0. The minimum atomic E-state index is -3.40. The molecule has 1 aliphatic carbocycles. The minimum absolute atomic E-state index is 0.272. The second kappa shape index (κ2) is 6.35. The van der Waals surface area contributed by atoms with E-state index in [0.717, 1.165) is 11.3 Å². The van der Waals surface area contributed by atoms with Gasteiger partial charge in [-0.3, -0.25) is 0 Å². The molecule has 6 heteroatoms. The molecule has 0 aromatic carbocycles. The van der Waals surface area contributed by atoms with E-state index in [1.165, 1.54) is 30.6 Å². The summed E-state index contributed by atoms with van der Waals surface area (Å²) in [6.45, 7) is 3.03. The summed E-state index contributed by atoms with van der Waals surface area (Å²) in [5.41, 5.74) is 5.57. The third-order valence-electron chi connectivity index (χ3n) is 4.00. The van der Waals surface area contributed by atoms with Crippen LogP contribution in [-0.4, -0.2) is 15.0 Å². The number of rotatable bonds is 5. The van der Waals surface area contributed by atoms with Crippen LogP contribution in [0.5, 0.6) is 0 Å². The van der Waals surface area contributed by atoms with Crippen molar-refractivity contribution in [3.8, 4) is 0 Å². The van der Waals surface area contributed by atoms with Gasteiger partial charge in [-0.15, -0.1) is 11.3 Å². The van der Waals surface area contributed by atoms with Gasteiger partial charge in [0.2, 0.25) is 10.0 Å². The maximum atomic E-state index is 12.3. The van der Waals surface area contributed by atoms with Crippen LogP contribution >= 0.6 is 11.3 Å². The van der Waals surface area contributed by atoms with Crippen LogP contribution in [-0.2, 0) is 16.6 Å². The Hall–Kier alpha value is -0.430. The van der Waals surface area contributed by atoms with Crippen LogP contribution in [0.4, 0.5) is 0 Å². The van der Waals surface area contributed by atoms with E-state index in [-0.39, 0.29) is 6.54 Å². The van der Waals surface area contributed by atoms with Gasteiger partial charge in [-0.2, -0.15) is 0 Å². The predicted octanol–water partition coefficient (Wildman–Crippen LogP) is 2.31. The highest BCUT2D eigenvalue weighted by Gasteiger charge is 2.25. The van der Waals surface area contributed by atoms with Gasteiger partial charge in [0.1, 0.15) is 0 Å². The molecule has 1 aliphatic rings. The molecule has 2 unspecified atom stereocenters. The van der Waals surface area contributed by atoms with Crippen molar-refractivity contribution in [3.63, 3.8) is 0 Å². The molecule has 1 fully saturated rings. The van der Waals surface area contributed by atoms with Crippen molar-refractivity contribution >= 4 is 21.4 Å². The second-order valence-corrected chi connectivity index (χ2v) is 8.02. The van der Waals surface area contributed by atoms with Gasteiger partial charge in [0.25, 0.3) is 0 Å². The molecule has 4 nitrogen and oxygen atoms in total. The Morgan fingerprint density at radius 3 is 2.84 bits per heavy atom. The molecule has 0 spiro atoms. The molecular weight excluding hydrogens is 280 g/mol. The van der Waals surface area contributed by atoms with Gasteiger partial charge < -0.3 is 5.73 Å². The Balaban J connectivity index is 2.01. The van der Waals surface area contributed by atoms with Crippen LogP contribution in [0, 0.1) is 11.8 Å². The van der Waals surface area contributed by atoms with Crippen LogP contribution < -0.4 is 10.5 Å². The zero-order valence-electron chi connectivity index (χ0n) is 11.3. The fraction of sp³-hybridized carbons (Fsp3) is 0.692. The Labute approximate surface area is 119 Å². The predicted molar refractivity (Wildman–Crippen MR) is 78.5 cm³/mol. The van der Waals surface area contributed by atoms with Crippen molar-refractivity contribution in [2.45, 2.75) is 44.0 Å². The first-order valence-electron chi connectivity index (χ1n) is 6.80. The number of hydrogen-bond acceptors (Lipinski definition) is 4. The van der Waals surface area contributed by atoms with Gasteiger partial charge in [0, 0.05) is 18.0 Å². The summed E-state index contributed by atoms with van der Waals surface area (Å²) in [6, 6.07) is 1.64. The number of thiophene rings is 1. The lowest BCUT2D eigenvalue weighted by Gasteiger charge is -2.28. The average molecular weight is 302 g/mol. The molecule has 0 aliphatic heterocycles. The molecule has 1 aromatic rings. The molecule has 1 saturated carbocycles. The van der Waals surface area contributed by atoms with Crippen molar-refractivity contribution in [2.75, 3.05) is 6.54 Å². The Morgan fingerprint density at radius 2 is 2.16 bits per heavy atom. The minimum Gasteiger partial charge on any atom is -0.326 e. The molecule has 1 aromatic heterocycles. The average Bonchev–Trinajstić information content (AvgIpc) is 2.87. The van der Waals surface area contributed by atoms with E-state index in [2.05, 4.69) is 11.6 Å². The van der Waals surface area contributed by atoms with Crippen molar-refractivity contribution < 1.29 is 8.42 Å². The molecule has 0 bridgehead atoms. The maximum Gasteiger partial charge on any atom is 0.241 e. The Morgan fingerprint density at radius 1 is 1.42 bits per heavy atom. The summed E-state index contributed by atoms with van der Waals surface area (Å²) < 4.78 is 27.3. The normalized spacial score (nSPS) is 24.5. The third kappa shape index (κ3) is 3.56. The monoisotopic (exact) mass is 302 g/mol. The van der Waals surface area contributed by atoms with Gasteiger partial charge >= 0.3 is 0 Å². The van der Waals surface area contributed by atoms with Gasteiger partial charge in [0.05, 0.1) is 4.90 Å². The van der Waals surface area contributed by atoms with Crippen LogP contribution in [0.1, 0.15) is 37.5 Å². The highest BCUT2D eigenvalue weighted by molar-refractivity contribution is 7.89. The topological polar surface area (TPSA) is 72.2 Å². The number of hydrogen-bond donors (Lipinski definition) is 2. The zero-order chi connectivity index (χ0) is 13.9. The maximum absolute atomic E-state index is 12.3. The van der Waals surface area contributed by atoms with Crippen LogP contribution in [0.3, 0.4) is 0 Å². The summed E-state index contributed by atoms with van der Waals surface area (Å²) in [5, 5.41) is 1.78. The van der Waals surface area contributed by atoms with Crippen LogP contribution in [0.2, 0.25) is 0 Å². The summed E-state index contributed by atoms with van der Waals surface area (Å²) in [4.78, 5) is 1.08. The zero-order valence-corrected chi connectivity index (χ0v) is 12.9. The molecule has 1 heterocycles. The molecule has 2 rings (SSSR count). The van der Waals surface area contributed by atoms with Crippen LogP contribution in [0.25, 0.3) is 0 Å². The fourth-order valence-electron chi connectivity index (χ4n) is 2.71. The first-order chi connectivity index (χ1) is 9.04. The van der Waals surface area contributed by atoms with Crippen molar-refractivity contribution in [3.05, 3.63) is 16.3 Å². The van der Waals surface area contributed by atoms with E-state index in [1.807, 2.05) is 0 Å². The number of nitrogens with one attached hydrogen (secondary N) is 1. The highest BCUT2D eigenvalue weighted by Crippen LogP contribution is 2.29. The summed E-state index contributed by atoms with van der Waals surface area (Å²) in [6.07, 6.45) is 4.81. The van der Waals surface area contributed by atoms with E-state index in [0.29, 0.717) is 23.3 Å². The molecule has 19 heavy (non-hydrogen) atoms. The molecule has 0 amide bonds. The van der Waals surface area contributed by atoms with Crippen molar-refractivity contribution in [1.29, 1.82) is 0 Å². The van der Waals surface area contributed by atoms with Crippen molar-refractivity contribution in [2.24, 2.45) is 17.6 Å². The van der Waals surface area contributed by atoms with Crippen LogP contribution in [0.15, 0.2) is 16.3 Å². The molecule has 2 atom stereocenters. The van der Waals surface area contributed by atoms with Gasteiger partial charge in [-0.05, 0) is 29.7 Å². The molecule has 0 radical (unpaired) electrons. The molecule has 3 N–H and O–H groups in total. The molecule has 0 saturated heterocycles. The van der Waals surface area contributed by atoms with Gasteiger partial charge in [0.15, 0.2) is 0 Å². The van der Waals surface area contributed by atoms with Crippen molar-refractivity contribution in [1.82, 2.24) is 4.72 Å². The number of sulfonamides is 1. The van der Waals surface area contributed by atoms with Gasteiger partial charge in [-0.25, -0.2) is 13.1 Å². The van der Waals surface area contributed by atoms with E-state index < -0.39 is 10.0 Å². The summed E-state index contributed by atoms with van der Waals surface area (Å²) in [5.74, 6) is 1.07. The fourth-order valence-corrected chi connectivity index (χ4v) is 5.14. The SMILES string of the molecule is CC1CCCCC1CNS(=O)(=O)c1ccsc1CN. The highest BCUT2D eigenvalue weighted by atomic mass is 32.2. The third-order valence-corrected chi connectivity index (χ3v) is 6.58. The molecule has 108 valence electrons. The smallest absolute Gasteiger partial charge is 0.241 e. The first-order valence-corrected chi connectivity index (χ1v) is 9.17. The molecular formula is C13H22N2O2S2. The quantitative estimate of drug-likeness (QED) is 0.876. The van der Waals surface area contributed by atoms with E-state index in [9.17, 15) is 8.42 Å². The van der Waals surface area contributed by atoms with E-state index in [1.54, 1.807) is 11.4 Å². The van der Waals surface area contributed by atoms with E-state index >= 15 is 0 Å².